The van der Waals surface area contributed by atoms with Crippen LogP contribution in [0.3, 0.4) is 0 Å². The third kappa shape index (κ3) is 2.72. The minimum absolute atomic E-state index is 0.372. The molecule has 5 heteroatoms. The van der Waals surface area contributed by atoms with E-state index in [2.05, 4.69) is 11.9 Å². The molecule has 1 amide bonds. The van der Waals surface area contributed by atoms with Crippen LogP contribution in [0.1, 0.15) is 33.1 Å². The van der Waals surface area contributed by atoms with E-state index in [4.69, 9.17) is 11.0 Å². The second-order valence-electron chi connectivity index (χ2n) is 4.22. The number of rotatable bonds is 4. The standard InChI is InChI=1S/C11H18N4O/c1-3-4-9-5-10(14-7-12)15(6-9)8(2)11(13)16/h8-9H,3-6H2,1-2H3,(H2,13,16)/b14-10+. The largest absolute Gasteiger partial charge is 0.368 e. The summed E-state index contributed by atoms with van der Waals surface area (Å²) in [6, 6.07) is -0.381. The molecule has 2 atom stereocenters. The summed E-state index contributed by atoms with van der Waals surface area (Å²) in [6.45, 7) is 4.66. The maximum atomic E-state index is 11.1. The first-order valence-corrected chi connectivity index (χ1v) is 5.61. The number of hydrogen-bond acceptors (Lipinski definition) is 3. The number of nitrogens with two attached hydrogens (primary N) is 1. The Bertz CT molecular complexity index is 331. The topological polar surface area (TPSA) is 82.5 Å². The van der Waals surface area contributed by atoms with Gasteiger partial charge in [0.05, 0.1) is 0 Å². The van der Waals surface area contributed by atoms with Gasteiger partial charge in [0, 0.05) is 13.0 Å². The number of nitrogens with zero attached hydrogens (tertiary/aromatic N) is 3. The Morgan fingerprint density at radius 3 is 3.00 bits per heavy atom. The number of carbonyl (C=O) groups is 1. The van der Waals surface area contributed by atoms with E-state index in [0.29, 0.717) is 11.8 Å². The molecule has 2 unspecified atom stereocenters. The third-order valence-corrected chi connectivity index (χ3v) is 3.01. The highest BCUT2D eigenvalue weighted by molar-refractivity contribution is 5.91. The van der Waals surface area contributed by atoms with E-state index >= 15 is 0 Å². The number of hydrogen-bond donors (Lipinski definition) is 1. The zero-order valence-electron chi connectivity index (χ0n) is 9.81. The number of amidine groups is 1. The molecule has 1 aliphatic rings. The number of carbonyl (C=O) groups excluding carboxylic acids is 1. The van der Waals surface area contributed by atoms with Crippen molar-refractivity contribution in [3.63, 3.8) is 0 Å². The fraction of sp³-hybridized carbons (Fsp3) is 0.727. The molecule has 0 aromatic carbocycles. The smallest absolute Gasteiger partial charge is 0.239 e. The average molecular weight is 222 g/mol. The van der Waals surface area contributed by atoms with E-state index in [9.17, 15) is 4.79 Å². The highest BCUT2D eigenvalue weighted by atomic mass is 16.1. The second kappa shape index (κ2) is 5.50. The summed E-state index contributed by atoms with van der Waals surface area (Å²) < 4.78 is 0. The predicted molar refractivity (Wildman–Crippen MR) is 61.4 cm³/mol. The molecule has 0 radical (unpaired) electrons. The van der Waals surface area contributed by atoms with Crippen molar-refractivity contribution in [1.82, 2.24) is 4.90 Å². The Balaban J connectivity index is 2.78. The maximum Gasteiger partial charge on any atom is 0.239 e. The summed E-state index contributed by atoms with van der Waals surface area (Å²) in [7, 11) is 0. The SMILES string of the molecule is CCCC1C/C(=N\C#N)N(C(C)C(N)=O)C1. The molecule has 1 heterocycles. The number of primary amides is 1. The monoisotopic (exact) mass is 222 g/mol. The minimum Gasteiger partial charge on any atom is -0.368 e. The number of nitriles is 1. The van der Waals surface area contributed by atoms with Gasteiger partial charge >= 0.3 is 0 Å². The van der Waals surface area contributed by atoms with Gasteiger partial charge in [-0.3, -0.25) is 4.79 Å². The maximum absolute atomic E-state index is 11.1. The third-order valence-electron chi connectivity index (χ3n) is 3.01. The molecule has 0 spiro atoms. The Hall–Kier alpha value is -1.57. The van der Waals surface area contributed by atoms with Crippen LogP contribution < -0.4 is 5.73 Å². The lowest BCUT2D eigenvalue weighted by Crippen LogP contribution is -2.43. The van der Waals surface area contributed by atoms with Crippen LogP contribution >= 0.6 is 0 Å². The van der Waals surface area contributed by atoms with Crippen LogP contribution in [0.2, 0.25) is 0 Å². The van der Waals surface area contributed by atoms with Crippen molar-refractivity contribution in [1.29, 1.82) is 5.26 Å². The van der Waals surface area contributed by atoms with Gasteiger partial charge in [-0.15, -0.1) is 0 Å². The molecule has 1 fully saturated rings. The molecule has 1 saturated heterocycles. The molecular formula is C11H18N4O. The molecule has 16 heavy (non-hydrogen) atoms. The lowest BCUT2D eigenvalue weighted by atomic mass is 10.0. The summed E-state index contributed by atoms with van der Waals surface area (Å²) >= 11 is 0. The van der Waals surface area contributed by atoms with Crippen LogP contribution in [0.4, 0.5) is 0 Å². The van der Waals surface area contributed by atoms with Gasteiger partial charge < -0.3 is 10.6 Å². The highest BCUT2D eigenvalue weighted by Gasteiger charge is 2.32. The molecule has 88 valence electrons. The molecule has 1 rings (SSSR count). The van der Waals surface area contributed by atoms with E-state index < -0.39 is 0 Å². The van der Waals surface area contributed by atoms with E-state index in [1.165, 1.54) is 0 Å². The molecular weight excluding hydrogens is 204 g/mol. The van der Waals surface area contributed by atoms with Crippen molar-refractivity contribution in [2.45, 2.75) is 39.2 Å². The van der Waals surface area contributed by atoms with Crippen molar-refractivity contribution in [3.8, 4) is 6.19 Å². The van der Waals surface area contributed by atoms with Gasteiger partial charge in [0.1, 0.15) is 11.9 Å². The highest BCUT2D eigenvalue weighted by Crippen LogP contribution is 2.24. The molecule has 5 nitrogen and oxygen atoms in total. The van der Waals surface area contributed by atoms with Gasteiger partial charge in [0.15, 0.2) is 0 Å². The minimum atomic E-state index is -0.381. The van der Waals surface area contributed by atoms with Crippen LogP contribution in [0, 0.1) is 17.4 Å². The van der Waals surface area contributed by atoms with Crippen molar-refractivity contribution < 1.29 is 4.79 Å². The number of amides is 1. The van der Waals surface area contributed by atoms with Crippen molar-refractivity contribution in [2.24, 2.45) is 16.6 Å². The van der Waals surface area contributed by atoms with Crippen LogP contribution in [0.15, 0.2) is 4.99 Å². The summed E-state index contributed by atoms with van der Waals surface area (Å²) in [5.41, 5.74) is 5.28. The van der Waals surface area contributed by atoms with Crippen LogP contribution in [-0.4, -0.2) is 29.2 Å². The zero-order valence-corrected chi connectivity index (χ0v) is 9.81. The average Bonchev–Trinajstić information content (AvgIpc) is 2.61. The van der Waals surface area contributed by atoms with Crippen molar-refractivity contribution in [3.05, 3.63) is 0 Å². The summed E-state index contributed by atoms with van der Waals surface area (Å²) in [5, 5.41) is 8.60. The van der Waals surface area contributed by atoms with E-state index in [1.54, 1.807) is 13.1 Å². The summed E-state index contributed by atoms with van der Waals surface area (Å²) in [4.78, 5) is 16.8. The van der Waals surface area contributed by atoms with Crippen molar-refractivity contribution in [2.75, 3.05) is 6.54 Å². The molecule has 2 N–H and O–H groups in total. The van der Waals surface area contributed by atoms with E-state index in [0.717, 1.165) is 25.8 Å². The Morgan fingerprint density at radius 1 is 1.81 bits per heavy atom. The quantitative estimate of drug-likeness (QED) is 0.716. The predicted octanol–water partition coefficient (Wildman–Crippen LogP) is 0.862. The van der Waals surface area contributed by atoms with Gasteiger partial charge in [-0.1, -0.05) is 13.3 Å². The molecule has 0 aromatic heterocycles. The molecule has 0 aliphatic carbocycles. The summed E-state index contributed by atoms with van der Waals surface area (Å²) in [5.74, 6) is 0.814. The first-order valence-electron chi connectivity index (χ1n) is 5.61. The Kier molecular flexibility index (Phi) is 4.29. The van der Waals surface area contributed by atoms with E-state index in [-0.39, 0.29) is 11.9 Å². The Labute approximate surface area is 95.9 Å². The normalized spacial score (nSPS) is 24.4. The van der Waals surface area contributed by atoms with Gasteiger partial charge in [0.25, 0.3) is 0 Å². The molecule has 0 aromatic rings. The lowest BCUT2D eigenvalue weighted by Gasteiger charge is -2.23. The van der Waals surface area contributed by atoms with Gasteiger partial charge in [-0.05, 0) is 19.3 Å². The van der Waals surface area contributed by atoms with Crippen LogP contribution in [0.5, 0.6) is 0 Å². The van der Waals surface area contributed by atoms with Gasteiger partial charge in [-0.2, -0.15) is 10.3 Å². The summed E-state index contributed by atoms with van der Waals surface area (Å²) in [6.07, 6.45) is 4.76. The van der Waals surface area contributed by atoms with Crippen LogP contribution in [-0.2, 0) is 4.79 Å². The first kappa shape index (κ1) is 12.5. The molecule has 0 bridgehead atoms. The first-order chi connectivity index (χ1) is 7.60. The second-order valence-corrected chi connectivity index (χ2v) is 4.22. The van der Waals surface area contributed by atoms with Crippen molar-refractivity contribution >= 4 is 11.7 Å². The number of aliphatic imine (C=N–C) groups is 1. The fourth-order valence-electron chi connectivity index (χ4n) is 2.13. The van der Waals surface area contributed by atoms with E-state index in [1.807, 2.05) is 4.90 Å². The molecule has 1 aliphatic heterocycles. The Morgan fingerprint density at radius 2 is 2.50 bits per heavy atom. The molecule has 0 saturated carbocycles. The lowest BCUT2D eigenvalue weighted by molar-refractivity contribution is -0.121. The zero-order chi connectivity index (χ0) is 12.1. The van der Waals surface area contributed by atoms with Gasteiger partial charge in [0.2, 0.25) is 12.1 Å². The fourth-order valence-corrected chi connectivity index (χ4v) is 2.13. The van der Waals surface area contributed by atoms with Gasteiger partial charge in [-0.25, -0.2) is 0 Å². The number of likely N-dealkylation sites (tertiary alicyclic amines) is 1. The van der Waals surface area contributed by atoms with Crippen LogP contribution in [0.25, 0.3) is 0 Å².